The lowest BCUT2D eigenvalue weighted by molar-refractivity contribution is 0.103. The molecule has 0 saturated heterocycles. The van der Waals surface area contributed by atoms with Crippen LogP contribution in [0.2, 0.25) is 5.02 Å². The molecule has 142 valence electrons. The average molecular weight is 439 g/mol. The molecule has 0 atom stereocenters. The Hall–Kier alpha value is -2.80. The van der Waals surface area contributed by atoms with Crippen molar-refractivity contribution < 1.29 is 9.18 Å². The molecule has 0 fully saturated rings. The number of carbonyl (C=O) groups excluding carboxylic acids is 1. The molecule has 0 spiro atoms. The maximum Gasteiger partial charge on any atom is 0.267 e. The monoisotopic (exact) mass is 438 g/mol. The minimum atomic E-state index is -0.358. The van der Waals surface area contributed by atoms with Gasteiger partial charge in [0.1, 0.15) is 15.7 Å². The van der Waals surface area contributed by atoms with Gasteiger partial charge in [0.15, 0.2) is 0 Å². The number of fused-ring (bicyclic) bond motifs is 2. The fourth-order valence-electron chi connectivity index (χ4n) is 3.13. The van der Waals surface area contributed by atoms with Gasteiger partial charge in [0.25, 0.3) is 5.91 Å². The Morgan fingerprint density at radius 3 is 2.62 bits per heavy atom. The molecule has 7 heteroatoms. The second-order valence-corrected chi connectivity index (χ2v) is 8.83. The number of thiazole rings is 1. The number of benzene rings is 3. The molecule has 1 N–H and O–H groups in total. The first-order valence-corrected chi connectivity index (χ1v) is 10.7. The second-order valence-electron chi connectivity index (χ2n) is 6.37. The lowest BCUT2D eigenvalue weighted by atomic mass is 10.2. The van der Waals surface area contributed by atoms with Crippen molar-refractivity contribution in [3.63, 3.8) is 0 Å². The molecule has 3 nitrogen and oxygen atoms in total. The standard InChI is InChI=1S/C22H12ClFN2OS2/c23-19-14-10-9-12(24)11-18(14)28-20(19)21(27)25-15-6-2-1-5-13(15)22-26-16-7-3-4-8-17(16)29-22/h1-11H,(H,25,27). The topological polar surface area (TPSA) is 42.0 Å². The van der Waals surface area contributed by atoms with E-state index in [2.05, 4.69) is 10.3 Å². The molecule has 29 heavy (non-hydrogen) atoms. The molecule has 2 heterocycles. The molecule has 1 amide bonds. The maximum atomic E-state index is 13.5. The van der Waals surface area contributed by atoms with Gasteiger partial charge in [0.05, 0.1) is 20.9 Å². The molecule has 5 rings (SSSR count). The van der Waals surface area contributed by atoms with E-state index in [4.69, 9.17) is 11.6 Å². The van der Waals surface area contributed by atoms with Crippen molar-refractivity contribution in [1.29, 1.82) is 0 Å². The molecule has 2 aromatic heterocycles. The third kappa shape index (κ3) is 3.29. The minimum absolute atomic E-state index is 0.329. The zero-order valence-corrected chi connectivity index (χ0v) is 17.2. The van der Waals surface area contributed by atoms with Crippen molar-refractivity contribution >= 4 is 66.2 Å². The molecule has 0 aliphatic carbocycles. The van der Waals surface area contributed by atoms with Crippen LogP contribution in [-0.2, 0) is 0 Å². The average Bonchev–Trinajstić information content (AvgIpc) is 3.29. The zero-order valence-electron chi connectivity index (χ0n) is 14.8. The summed E-state index contributed by atoms with van der Waals surface area (Å²) in [6, 6.07) is 19.8. The van der Waals surface area contributed by atoms with Crippen LogP contribution in [0.25, 0.3) is 30.9 Å². The number of nitrogens with zero attached hydrogens (tertiary/aromatic N) is 1. The summed E-state index contributed by atoms with van der Waals surface area (Å²) >= 11 is 9.14. The lowest BCUT2D eigenvalue weighted by Gasteiger charge is -2.08. The Bertz CT molecular complexity index is 1360. The lowest BCUT2D eigenvalue weighted by Crippen LogP contribution is -2.11. The Morgan fingerprint density at radius 2 is 1.76 bits per heavy atom. The molecule has 5 aromatic rings. The van der Waals surface area contributed by atoms with Crippen LogP contribution >= 0.6 is 34.3 Å². The number of halogens is 2. The van der Waals surface area contributed by atoms with Crippen LogP contribution in [0.4, 0.5) is 10.1 Å². The zero-order chi connectivity index (χ0) is 20.0. The highest BCUT2D eigenvalue weighted by Crippen LogP contribution is 2.38. The highest BCUT2D eigenvalue weighted by atomic mass is 35.5. The molecule has 0 aliphatic rings. The van der Waals surface area contributed by atoms with Crippen LogP contribution in [-0.4, -0.2) is 10.9 Å². The molecule has 0 aliphatic heterocycles. The predicted molar refractivity (Wildman–Crippen MR) is 120 cm³/mol. The summed E-state index contributed by atoms with van der Waals surface area (Å²) in [6.45, 7) is 0. The largest absolute Gasteiger partial charge is 0.321 e. The van der Waals surface area contributed by atoms with Gasteiger partial charge in [0.2, 0.25) is 0 Å². The van der Waals surface area contributed by atoms with Gasteiger partial charge in [-0.15, -0.1) is 22.7 Å². The Morgan fingerprint density at radius 1 is 0.966 bits per heavy atom. The Labute approximate surface area is 178 Å². The Balaban J connectivity index is 1.53. The summed E-state index contributed by atoms with van der Waals surface area (Å²) in [7, 11) is 0. The van der Waals surface area contributed by atoms with Crippen molar-refractivity contribution in [3.05, 3.63) is 82.4 Å². The predicted octanol–water partition coefficient (Wildman–Crippen LogP) is 7.22. The van der Waals surface area contributed by atoms with Gasteiger partial charge in [-0.2, -0.15) is 0 Å². The van der Waals surface area contributed by atoms with Crippen molar-refractivity contribution in [2.24, 2.45) is 0 Å². The number of aromatic nitrogens is 1. The van der Waals surface area contributed by atoms with Gasteiger partial charge in [-0.1, -0.05) is 35.9 Å². The van der Waals surface area contributed by atoms with Crippen molar-refractivity contribution in [2.45, 2.75) is 0 Å². The Kier molecular flexibility index (Phi) is 4.54. The maximum absolute atomic E-state index is 13.5. The number of hydrogen-bond acceptors (Lipinski definition) is 4. The van der Waals surface area contributed by atoms with Crippen LogP contribution in [0.5, 0.6) is 0 Å². The summed E-state index contributed by atoms with van der Waals surface area (Å²) in [4.78, 5) is 18.0. The van der Waals surface area contributed by atoms with Gasteiger partial charge in [-0.05, 0) is 42.5 Å². The van der Waals surface area contributed by atoms with Crippen molar-refractivity contribution in [1.82, 2.24) is 4.98 Å². The SMILES string of the molecule is O=C(Nc1ccccc1-c1nc2ccccc2s1)c1sc2cc(F)ccc2c1Cl. The fraction of sp³-hybridized carbons (Fsp3) is 0. The molecular weight excluding hydrogens is 427 g/mol. The van der Waals surface area contributed by atoms with Gasteiger partial charge >= 0.3 is 0 Å². The van der Waals surface area contributed by atoms with E-state index in [9.17, 15) is 9.18 Å². The third-order valence-corrected chi connectivity index (χ3v) is 7.22. The van der Waals surface area contributed by atoms with Crippen LogP contribution in [0.3, 0.4) is 0 Å². The van der Waals surface area contributed by atoms with E-state index in [0.29, 0.717) is 25.7 Å². The van der Waals surface area contributed by atoms with E-state index >= 15 is 0 Å². The number of thiophene rings is 1. The van der Waals surface area contributed by atoms with Crippen LogP contribution in [0.1, 0.15) is 9.67 Å². The second kappa shape index (κ2) is 7.22. The first-order chi connectivity index (χ1) is 14.1. The molecule has 0 unspecified atom stereocenters. The molecule has 0 radical (unpaired) electrons. The van der Waals surface area contributed by atoms with Crippen LogP contribution in [0.15, 0.2) is 66.7 Å². The number of carbonyl (C=O) groups is 1. The quantitative estimate of drug-likeness (QED) is 0.323. The number of rotatable bonds is 3. The summed E-state index contributed by atoms with van der Waals surface area (Å²) in [5.74, 6) is -0.686. The highest BCUT2D eigenvalue weighted by molar-refractivity contribution is 7.22. The van der Waals surface area contributed by atoms with Gasteiger partial charge in [0, 0.05) is 15.6 Å². The van der Waals surface area contributed by atoms with E-state index in [1.165, 1.54) is 23.5 Å². The molecule has 0 bridgehead atoms. The van der Waals surface area contributed by atoms with Gasteiger partial charge in [-0.25, -0.2) is 9.37 Å². The number of anilines is 1. The van der Waals surface area contributed by atoms with E-state index in [1.54, 1.807) is 17.4 Å². The van der Waals surface area contributed by atoms with E-state index in [1.807, 2.05) is 48.5 Å². The normalized spacial score (nSPS) is 11.2. The number of para-hydroxylation sites is 2. The first kappa shape index (κ1) is 18.2. The highest BCUT2D eigenvalue weighted by Gasteiger charge is 2.19. The van der Waals surface area contributed by atoms with Gasteiger partial charge in [-0.3, -0.25) is 4.79 Å². The van der Waals surface area contributed by atoms with Crippen LogP contribution < -0.4 is 5.32 Å². The van der Waals surface area contributed by atoms with E-state index < -0.39 is 0 Å². The smallest absolute Gasteiger partial charge is 0.267 e. The summed E-state index contributed by atoms with van der Waals surface area (Å²) in [5.41, 5.74) is 2.41. The summed E-state index contributed by atoms with van der Waals surface area (Å²) in [6.07, 6.45) is 0. The fourth-order valence-corrected chi connectivity index (χ4v) is 5.57. The molecule has 0 saturated carbocycles. The molecule has 3 aromatic carbocycles. The van der Waals surface area contributed by atoms with Crippen LogP contribution in [0, 0.1) is 5.82 Å². The van der Waals surface area contributed by atoms with E-state index in [-0.39, 0.29) is 11.7 Å². The number of amides is 1. The third-order valence-electron chi connectivity index (χ3n) is 4.50. The molecular formula is C22H12ClFN2OS2. The number of hydrogen-bond donors (Lipinski definition) is 1. The van der Waals surface area contributed by atoms with Crippen molar-refractivity contribution in [3.8, 4) is 10.6 Å². The summed E-state index contributed by atoms with van der Waals surface area (Å²) in [5, 5.41) is 4.77. The van der Waals surface area contributed by atoms with E-state index in [0.717, 1.165) is 20.8 Å². The minimum Gasteiger partial charge on any atom is -0.321 e. The van der Waals surface area contributed by atoms with Crippen molar-refractivity contribution in [2.75, 3.05) is 5.32 Å². The van der Waals surface area contributed by atoms with Gasteiger partial charge < -0.3 is 5.32 Å². The number of nitrogens with one attached hydrogen (secondary N) is 1. The summed E-state index contributed by atoms with van der Waals surface area (Å²) < 4.78 is 15.2. The first-order valence-electron chi connectivity index (χ1n) is 8.74.